The molecule has 1 atom stereocenters. The smallest absolute Gasteiger partial charge is 0.338 e. The predicted octanol–water partition coefficient (Wildman–Crippen LogP) is 5.43. The van der Waals surface area contributed by atoms with Crippen LogP contribution in [0.1, 0.15) is 43.5 Å². The number of allylic oxidation sites excluding steroid dienone is 1. The number of halogens is 1. The SMILES string of the molecule is CCOC(=O)C1=C(C)N=c2s/c(=C\c3ccc(OCc4ccccc4Cl)cc3)c(=O)n2[C@H]1c1ccc(OCC)cc1. The number of hydrogen-bond acceptors (Lipinski definition) is 7. The van der Waals surface area contributed by atoms with Crippen LogP contribution in [0.15, 0.2) is 93.9 Å². The van der Waals surface area contributed by atoms with Crippen LogP contribution in [0.3, 0.4) is 0 Å². The van der Waals surface area contributed by atoms with Crippen molar-refractivity contribution in [3.8, 4) is 11.5 Å². The van der Waals surface area contributed by atoms with Crippen molar-refractivity contribution in [1.82, 2.24) is 4.57 Å². The molecule has 1 aliphatic rings. The summed E-state index contributed by atoms with van der Waals surface area (Å²) in [5.74, 6) is 0.907. The van der Waals surface area contributed by atoms with Crippen molar-refractivity contribution >= 4 is 35.0 Å². The summed E-state index contributed by atoms with van der Waals surface area (Å²) in [5, 5.41) is 0.657. The summed E-state index contributed by atoms with van der Waals surface area (Å²) in [4.78, 5) is 32.0. The summed E-state index contributed by atoms with van der Waals surface area (Å²) in [6.07, 6.45) is 1.82. The van der Waals surface area contributed by atoms with Crippen molar-refractivity contribution in [2.24, 2.45) is 4.99 Å². The van der Waals surface area contributed by atoms with Crippen molar-refractivity contribution in [2.45, 2.75) is 33.4 Å². The van der Waals surface area contributed by atoms with Crippen LogP contribution in [0, 0.1) is 0 Å². The normalized spacial score (nSPS) is 14.8. The number of hydrogen-bond donors (Lipinski definition) is 0. The highest BCUT2D eigenvalue weighted by molar-refractivity contribution is 7.07. The Hall–Kier alpha value is -4.14. The lowest BCUT2D eigenvalue weighted by Gasteiger charge is -2.24. The molecule has 41 heavy (non-hydrogen) atoms. The fourth-order valence-electron chi connectivity index (χ4n) is 4.61. The second-order valence-electron chi connectivity index (χ2n) is 9.25. The van der Waals surface area contributed by atoms with Gasteiger partial charge in [-0.15, -0.1) is 0 Å². The van der Waals surface area contributed by atoms with Gasteiger partial charge in [0.05, 0.1) is 35.1 Å². The van der Waals surface area contributed by atoms with Crippen LogP contribution >= 0.6 is 22.9 Å². The second kappa shape index (κ2) is 12.6. The summed E-state index contributed by atoms with van der Waals surface area (Å²) in [7, 11) is 0. The van der Waals surface area contributed by atoms with Gasteiger partial charge in [-0.05, 0) is 68.3 Å². The third kappa shape index (κ3) is 6.14. The van der Waals surface area contributed by atoms with Gasteiger partial charge >= 0.3 is 5.97 Å². The molecule has 0 radical (unpaired) electrons. The first-order valence-corrected chi connectivity index (χ1v) is 14.5. The zero-order chi connectivity index (χ0) is 28.9. The summed E-state index contributed by atoms with van der Waals surface area (Å²) in [6.45, 7) is 6.54. The number of nitrogens with zero attached hydrogens (tertiary/aromatic N) is 2. The highest BCUT2D eigenvalue weighted by Crippen LogP contribution is 2.31. The average Bonchev–Trinajstić information content (AvgIpc) is 3.27. The third-order valence-electron chi connectivity index (χ3n) is 6.55. The maximum atomic E-state index is 13.8. The monoisotopic (exact) mass is 588 g/mol. The lowest BCUT2D eigenvalue weighted by molar-refractivity contribution is -0.139. The Kier molecular flexibility index (Phi) is 8.71. The molecule has 0 amide bonds. The predicted molar refractivity (Wildman–Crippen MR) is 160 cm³/mol. The van der Waals surface area contributed by atoms with E-state index < -0.39 is 12.0 Å². The number of ether oxygens (including phenoxy) is 3. The Bertz CT molecular complexity index is 1770. The molecular formula is C32H29ClN2O5S. The van der Waals surface area contributed by atoms with E-state index in [1.165, 1.54) is 11.3 Å². The molecule has 5 rings (SSSR count). The maximum Gasteiger partial charge on any atom is 0.338 e. The molecule has 0 saturated carbocycles. The number of esters is 1. The van der Waals surface area contributed by atoms with Crippen molar-refractivity contribution in [1.29, 1.82) is 0 Å². The number of thiazole rings is 1. The van der Waals surface area contributed by atoms with E-state index in [1.54, 1.807) is 18.4 Å². The molecule has 3 aromatic carbocycles. The zero-order valence-corrected chi connectivity index (χ0v) is 24.5. The molecule has 0 N–H and O–H groups in total. The Balaban J connectivity index is 1.49. The Morgan fingerprint density at radius 3 is 2.34 bits per heavy atom. The third-order valence-corrected chi connectivity index (χ3v) is 7.91. The molecule has 1 aliphatic heterocycles. The van der Waals surface area contributed by atoms with E-state index in [0.29, 0.717) is 50.3 Å². The van der Waals surface area contributed by atoms with E-state index in [0.717, 1.165) is 16.7 Å². The average molecular weight is 589 g/mol. The molecule has 0 fully saturated rings. The van der Waals surface area contributed by atoms with E-state index in [9.17, 15) is 9.59 Å². The number of rotatable bonds is 9. The molecule has 4 aromatic rings. The number of carbonyl (C=O) groups is 1. The molecule has 0 bridgehead atoms. The first kappa shape index (κ1) is 28.4. The van der Waals surface area contributed by atoms with Crippen LogP contribution in [0.5, 0.6) is 11.5 Å². The molecule has 1 aromatic heterocycles. The zero-order valence-electron chi connectivity index (χ0n) is 22.9. The Labute approximate surface area is 246 Å². The highest BCUT2D eigenvalue weighted by atomic mass is 35.5. The maximum absolute atomic E-state index is 13.8. The van der Waals surface area contributed by atoms with Crippen molar-refractivity contribution in [2.75, 3.05) is 13.2 Å². The van der Waals surface area contributed by atoms with Gasteiger partial charge in [0.1, 0.15) is 18.1 Å². The molecule has 7 nitrogen and oxygen atoms in total. The van der Waals surface area contributed by atoms with E-state index in [-0.39, 0.29) is 12.2 Å². The summed E-state index contributed by atoms with van der Waals surface area (Å²) in [6, 6.07) is 21.8. The number of fused-ring (bicyclic) bond motifs is 1. The van der Waals surface area contributed by atoms with Crippen LogP contribution in [0.2, 0.25) is 5.02 Å². The van der Waals surface area contributed by atoms with Crippen LogP contribution < -0.4 is 24.4 Å². The summed E-state index contributed by atoms with van der Waals surface area (Å²) >= 11 is 7.51. The summed E-state index contributed by atoms with van der Waals surface area (Å²) < 4.78 is 18.9. The standard InChI is InChI=1S/C32H29ClN2O5S/c1-4-38-24-16-12-22(13-17-24)29-28(31(37)39-5-2)20(3)34-32-35(29)30(36)27(41-32)18-21-10-14-25(15-11-21)40-19-23-8-6-7-9-26(23)33/h6-18,29H,4-5,19H2,1-3H3/b27-18-/t29-/m0/s1. The number of aromatic nitrogens is 1. The van der Waals surface area contributed by atoms with Crippen LogP contribution in [-0.4, -0.2) is 23.8 Å². The van der Waals surface area contributed by atoms with E-state index in [1.807, 2.05) is 85.8 Å². The number of carbonyl (C=O) groups excluding carboxylic acids is 1. The molecule has 0 aliphatic carbocycles. The lowest BCUT2D eigenvalue weighted by Crippen LogP contribution is -2.39. The molecule has 0 spiro atoms. The quantitative estimate of drug-likeness (QED) is 0.244. The largest absolute Gasteiger partial charge is 0.494 e. The molecule has 0 saturated heterocycles. The van der Waals surface area contributed by atoms with Crippen molar-refractivity contribution < 1.29 is 19.0 Å². The fraction of sp³-hybridized carbons (Fsp3) is 0.219. The minimum absolute atomic E-state index is 0.216. The Morgan fingerprint density at radius 1 is 0.976 bits per heavy atom. The van der Waals surface area contributed by atoms with Gasteiger partial charge in [-0.1, -0.05) is 65.4 Å². The van der Waals surface area contributed by atoms with Crippen LogP contribution in [0.25, 0.3) is 6.08 Å². The van der Waals surface area contributed by atoms with Gasteiger partial charge in [-0.3, -0.25) is 9.36 Å². The van der Waals surface area contributed by atoms with Crippen LogP contribution in [-0.2, 0) is 16.1 Å². The molecule has 9 heteroatoms. The van der Waals surface area contributed by atoms with E-state index in [2.05, 4.69) is 4.99 Å². The first-order chi connectivity index (χ1) is 19.9. The minimum Gasteiger partial charge on any atom is -0.494 e. The van der Waals surface area contributed by atoms with Gasteiger partial charge < -0.3 is 14.2 Å². The van der Waals surface area contributed by atoms with Crippen LogP contribution in [0.4, 0.5) is 0 Å². The first-order valence-electron chi connectivity index (χ1n) is 13.3. The van der Waals surface area contributed by atoms with Crippen molar-refractivity contribution in [3.63, 3.8) is 0 Å². The topological polar surface area (TPSA) is 79.1 Å². The lowest BCUT2D eigenvalue weighted by atomic mass is 9.96. The van der Waals surface area contributed by atoms with E-state index in [4.69, 9.17) is 25.8 Å². The van der Waals surface area contributed by atoms with Gasteiger partial charge in [-0.25, -0.2) is 9.79 Å². The minimum atomic E-state index is -0.677. The van der Waals surface area contributed by atoms with Gasteiger partial charge in [0.2, 0.25) is 0 Å². The Morgan fingerprint density at radius 2 is 1.66 bits per heavy atom. The van der Waals surface area contributed by atoms with Gasteiger partial charge in [0.25, 0.3) is 5.56 Å². The molecule has 0 unspecified atom stereocenters. The van der Waals surface area contributed by atoms with Crippen molar-refractivity contribution in [3.05, 3.63) is 125 Å². The second-order valence-corrected chi connectivity index (χ2v) is 10.7. The number of benzene rings is 3. The molecular weight excluding hydrogens is 560 g/mol. The molecule has 2 heterocycles. The van der Waals surface area contributed by atoms with Gasteiger partial charge in [0.15, 0.2) is 4.80 Å². The fourth-order valence-corrected chi connectivity index (χ4v) is 5.85. The molecule has 210 valence electrons. The summed E-state index contributed by atoms with van der Waals surface area (Å²) in [5.41, 5.74) is 3.13. The van der Waals surface area contributed by atoms with E-state index >= 15 is 0 Å². The highest BCUT2D eigenvalue weighted by Gasteiger charge is 2.33. The van der Waals surface area contributed by atoms with Gasteiger partial charge in [0, 0.05) is 10.6 Å². The van der Waals surface area contributed by atoms with Gasteiger partial charge in [-0.2, -0.15) is 0 Å².